The summed E-state index contributed by atoms with van der Waals surface area (Å²) in [6, 6.07) is 0. The quantitative estimate of drug-likeness (QED) is 0.186. The van der Waals surface area contributed by atoms with Crippen LogP contribution in [0.4, 0.5) is 4.79 Å². The summed E-state index contributed by atoms with van der Waals surface area (Å²) in [5, 5.41) is 5.67. The number of rotatable bonds is 5. The first kappa shape index (κ1) is 13.2. The molecule has 84 valence electrons. The first-order chi connectivity index (χ1) is 7.10. The van der Waals surface area contributed by atoms with Crippen LogP contribution in [0.5, 0.6) is 0 Å². The van der Waals surface area contributed by atoms with Gasteiger partial charge in [0.1, 0.15) is 0 Å². The van der Waals surface area contributed by atoms with E-state index in [0.29, 0.717) is 12.1 Å². The van der Waals surface area contributed by atoms with Gasteiger partial charge in [-0.2, -0.15) is 0 Å². The molecule has 0 unspecified atom stereocenters. The van der Waals surface area contributed by atoms with Crippen LogP contribution in [0.3, 0.4) is 0 Å². The lowest BCUT2D eigenvalue weighted by Gasteiger charge is -2.02. The topological polar surface area (TPSA) is 77.0 Å². The minimum absolute atomic E-state index is 0.273. The van der Waals surface area contributed by atoms with Gasteiger partial charge in [-0.1, -0.05) is 18.7 Å². The molecule has 1 N–H and O–H groups in total. The number of nitrogens with one attached hydrogen (secondary N) is 1. The second-order valence-electron chi connectivity index (χ2n) is 2.55. The number of ether oxygens (including phenoxy) is 1. The summed E-state index contributed by atoms with van der Waals surface area (Å²) >= 11 is 0. The number of esters is 1. The standard InChI is InChI=1S/C9H14N2O4/c1-4-7(3)11-15-9(13)10-6-14-8(12)5-2/h5H,2,4,6H2,1,3H3,(H,10,13). The third-order valence-electron chi connectivity index (χ3n) is 1.39. The van der Waals surface area contributed by atoms with Crippen molar-refractivity contribution in [2.24, 2.45) is 5.16 Å². The van der Waals surface area contributed by atoms with Crippen LogP contribution in [0.1, 0.15) is 20.3 Å². The van der Waals surface area contributed by atoms with Crippen LogP contribution in [0.2, 0.25) is 0 Å². The van der Waals surface area contributed by atoms with E-state index in [0.717, 1.165) is 6.08 Å². The maximum atomic E-state index is 10.9. The lowest BCUT2D eigenvalue weighted by Crippen LogP contribution is -2.27. The minimum Gasteiger partial charge on any atom is -0.441 e. The van der Waals surface area contributed by atoms with Crippen LogP contribution >= 0.6 is 0 Å². The fraction of sp³-hybridized carbons (Fsp3) is 0.444. The number of amides is 1. The highest BCUT2D eigenvalue weighted by molar-refractivity contribution is 5.82. The Labute approximate surface area is 87.9 Å². The average molecular weight is 214 g/mol. The van der Waals surface area contributed by atoms with Gasteiger partial charge >= 0.3 is 12.1 Å². The molecule has 0 aliphatic carbocycles. The highest BCUT2D eigenvalue weighted by atomic mass is 16.7. The highest BCUT2D eigenvalue weighted by Gasteiger charge is 2.01. The highest BCUT2D eigenvalue weighted by Crippen LogP contribution is 1.87. The van der Waals surface area contributed by atoms with E-state index in [2.05, 4.69) is 26.6 Å². The Morgan fingerprint density at radius 2 is 2.20 bits per heavy atom. The molecule has 0 heterocycles. The number of hydrogen-bond donors (Lipinski definition) is 1. The van der Waals surface area contributed by atoms with Gasteiger partial charge in [0.15, 0.2) is 6.73 Å². The zero-order valence-corrected chi connectivity index (χ0v) is 8.78. The fourth-order valence-corrected chi connectivity index (χ4v) is 0.441. The molecule has 0 fully saturated rings. The summed E-state index contributed by atoms with van der Waals surface area (Å²) in [5.41, 5.74) is 0.688. The first-order valence-electron chi connectivity index (χ1n) is 4.37. The van der Waals surface area contributed by atoms with Crippen LogP contribution in [0.25, 0.3) is 0 Å². The van der Waals surface area contributed by atoms with E-state index in [9.17, 15) is 9.59 Å². The molecule has 6 heteroatoms. The van der Waals surface area contributed by atoms with Gasteiger partial charge in [-0.3, -0.25) is 10.2 Å². The summed E-state index contributed by atoms with van der Waals surface area (Å²) in [6.45, 7) is 6.52. The van der Waals surface area contributed by atoms with Crippen LogP contribution in [-0.2, 0) is 14.4 Å². The van der Waals surface area contributed by atoms with Crippen molar-refractivity contribution < 1.29 is 19.2 Å². The predicted octanol–water partition coefficient (Wildman–Crippen LogP) is 1.19. The molecule has 0 aromatic rings. The fourth-order valence-electron chi connectivity index (χ4n) is 0.441. The Hall–Kier alpha value is -1.85. The van der Waals surface area contributed by atoms with Crippen LogP contribution < -0.4 is 5.32 Å². The Bertz CT molecular complexity index is 273. The lowest BCUT2D eigenvalue weighted by molar-refractivity contribution is -0.138. The Balaban J connectivity index is 3.67. The second-order valence-corrected chi connectivity index (χ2v) is 2.55. The molecule has 0 bridgehead atoms. The number of nitrogens with zero attached hydrogens (tertiary/aromatic N) is 1. The molecule has 6 nitrogen and oxygen atoms in total. The Morgan fingerprint density at radius 3 is 2.73 bits per heavy atom. The summed E-state index contributed by atoms with van der Waals surface area (Å²) in [4.78, 5) is 25.9. The van der Waals surface area contributed by atoms with Gasteiger partial charge in [0.05, 0.1) is 5.71 Å². The molecule has 15 heavy (non-hydrogen) atoms. The summed E-state index contributed by atoms with van der Waals surface area (Å²) in [7, 11) is 0. The Kier molecular flexibility index (Phi) is 6.61. The summed E-state index contributed by atoms with van der Waals surface area (Å²) in [5.74, 6) is -0.622. The molecule has 0 aromatic carbocycles. The van der Waals surface area contributed by atoms with Gasteiger partial charge in [0.2, 0.25) is 0 Å². The van der Waals surface area contributed by atoms with Crippen molar-refractivity contribution in [3.63, 3.8) is 0 Å². The smallest absolute Gasteiger partial charge is 0.435 e. The van der Waals surface area contributed by atoms with E-state index >= 15 is 0 Å². The van der Waals surface area contributed by atoms with Crippen LogP contribution in [-0.4, -0.2) is 24.5 Å². The van der Waals surface area contributed by atoms with Crippen LogP contribution in [0.15, 0.2) is 17.8 Å². The zero-order chi connectivity index (χ0) is 11.7. The van der Waals surface area contributed by atoms with Crippen molar-refractivity contribution in [3.8, 4) is 0 Å². The first-order valence-corrected chi connectivity index (χ1v) is 4.37. The Morgan fingerprint density at radius 1 is 1.53 bits per heavy atom. The van der Waals surface area contributed by atoms with Gasteiger partial charge in [0, 0.05) is 6.08 Å². The molecule has 0 aromatic heterocycles. The molecule has 0 aliphatic rings. The molecule has 0 radical (unpaired) electrons. The number of carbonyl (C=O) groups excluding carboxylic acids is 2. The van der Waals surface area contributed by atoms with Gasteiger partial charge < -0.3 is 4.74 Å². The molecular formula is C9H14N2O4. The van der Waals surface area contributed by atoms with Gasteiger partial charge in [-0.25, -0.2) is 9.59 Å². The van der Waals surface area contributed by atoms with E-state index in [1.165, 1.54) is 0 Å². The van der Waals surface area contributed by atoms with E-state index < -0.39 is 12.1 Å². The average Bonchev–Trinajstić information content (AvgIpc) is 2.25. The molecular weight excluding hydrogens is 200 g/mol. The predicted molar refractivity (Wildman–Crippen MR) is 54.2 cm³/mol. The maximum absolute atomic E-state index is 10.9. The third-order valence-corrected chi connectivity index (χ3v) is 1.39. The molecule has 0 rings (SSSR count). The van der Waals surface area contributed by atoms with Crippen molar-refractivity contribution in [2.45, 2.75) is 20.3 Å². The number of carbonyl (C=O) groups is 2. The maximum Gasteiger partial charge on any atom is 0.435 e. The normalized spacial score (nSPS) is 10.4. The zero-order valence-electron chi connectivity index (χ0n) is 8.78. The summed E-state index contributed by atoms with van der Waals surface area (Å²) in [6.07, 6.45) is 0.908. The monoisotopic (exact) mass is 214 g/mol. The third kappa shape index (κ3) is 7.24. The van der Waals surface area contributed by atoms with Crippen LogP contribution in [0, 0.1) is 0 Å². The van der Waals surface area contributed by atoms with E-state index in [4.69, 9.17) is 0 Å². The molecule has 0 saturated heterocycles. The SMILES string of the molecule is C=CC(=O)OCNC(=O)ON=C(C)CC. The second kappa shape index (κ2) is 7.54. The number of hydrogen-bond acceptors (Lipinski definition) is 5. The van der Waals surface area contributed by atoms with Gasteiger partial charge in [-0.15, -0.1) is 0 Å². The van der Waals surface area contributed by atoms with Gasteiger partial charge in [0.25, 0.3) is 0 Å². The van der Waals surface area contributed by atoms with Crippen molar-refractivity contribution in [2.75, 3.05) is 6.73 Å². The minimum atomic E-state index is -0.778. The van der Waals surface area contributed by atoms with E-state index in [-0.39, 0.29) is 6.73 Å². The summed E-state index contributed by atoms with van der Waals surface area (Å²) < 4.78 is 4.48. The lowest BCUT2D eigenvalue weighted by atomic mass is 10.3. The molecule has 1 amide bonds. The van der Waals surface area contributed by atoms with Crippen molar-refractivity contribution in [1.82, 2.24) is 5.32 Å². The molecule has 0 aliphatic heterocycles. The molecule has 0 atom stereocenters. The van der Waals surface area contributed by atoms with Crippen molar-refractivity contribution in [1.29, 1.82) is 0 Å². The molecule has 0 saturated carbocycles. The molecule has 0 spiro atoms. The van der Waals surface area contributed by atoms with Crippen molar-refractivity contribution >= 4 is 17.8 Å². The number of oxime groups is 1. The largest absolute Gasteiger partial charge is 0.441 e. The van der Waals surface area contributed by atoms with Crippen molar-refractivity contribution in [3.05, 3.63) is 12.7 Å². The van der Waals surface area contributed by atoms with Gasteiger partial charge in [-0.05, 0) is 13.3 Å². The van der Waals surface area contributed by atoms with E-state index in [1.807, 2.05) is 6.92 Å². The van der Waals surface area contributed by atoms with E-state index in [1.54, 1.807) is 6.92 Å².